The Balaban J connectivity index is 2.11. The van der Waals surface area contributed by atoms with Gasteiger partial charge in [-0.3, -0.25) is 0 Å². The number of nitrogens with one attached hydrogen (secondary N) is 1. The van der Waals surface area contributed by atoms with Crippen LogP contribution in [0, 0.1) is 0 Å². The summed E-state index contributed by atoms with van der Waals surface area (Å²) in [6.07, 6.45) is 1.07. The molecule has 2 atom stereocenters. The Labute approximate surface area is 138 Å². The van der Waals surface area contributed by atoms with Crippen molar-refractivity contribution >= 4 is 31.9 Å². The second-order valence-electron chi connectivity index (χ2n) is 4.96. The van der Waals surface area contributed by atoms with Gasteiger partial charge in [-0.25, -0.2) is 0 Å². The lowest BCUT2D eigenvalue weighted by atomic mass is 10.0. The van der Waals surface area contributed by atoms with Crippen molar-refractivity contribution < 1.29 is 0 Å². The smallest absolute Gasteiger partial charge is 0.0323 e. The van der Waals surface area contributed by atoms with Gasteiger partial charge in [-0.2, -0.15) is 0 Å². The lowest BCUT2D eigenvalue weighted by molar-refractivity contribution is 0.456. The van der Waals surface area contributed by atoms with Crippen LogP contribution in [0.4, 0.5) is 0 Å². The van der Waals surface area contributed by atoms with E-state index in [9.17, 15) is 0 Å². The summed E-state index contributed by atoms with van der Waals surface area (Å²) in [5.74, 6) is 0. The lowest BCUT2D eigenvalue weighted by Gasteiger charge is -2.23. The van der Waals surface area contributed by atoms with E-state index >= 15 is 0 Å². The van der Waals surface area contributed by atoms with Gasteiger partial charge in [-0.1, -0.05) is 63.0 Å². The van der Waals surface area contributed by atoms with Crippen LogP contribution in [0.15, 0.2) is 57.5 Å². The molecule has 2 rings (SSSR count). The molecule has 0 amide bonds. The summed E-state index contributed by atoms with van der Waals surface area (Å²) in [6.45, 7) is 4.43. The minimum absolute atomic E-state index is 0.326. The summed E-state index contributed by atoms with van der Waals surface area (Å²) >= 11 is 7.02. The van der Waals surface area contributed by atoms with Crippen molar-refractivity contribution in [2.75, 3.05) is 0 Å². The van der Waals surface area contributed by atoms with Gasteiger partial charge < -0.3 is 5.32 Å². The maximum absolute atomic E-state index is 3.71. The van der Waals surface area contributed by atoms with Gasteiger partial charge in [0.1, 0.15) is 0 Å². The van der Waals surface area contributed by atoms with E-state index in [2.05, 4.69) is 99.6 Å². The largest absolute Gasteiger partial charge is 0.303 e. The summed E-state index contributed by atoms with van der Waals surface area (Å²) in [5, 5.41) is 3.71. The van der Waals surface area contributed by atoms with E-state index in [1.54, 1.807) is 0 Å². The average Bonchev–Trinajstić information content (AvgIpc) is 2.45. The Bertz CT molecular complexity index is 551. The molecule has 2 aromatic carbocycles. The number of hydrogen-bond acceptors (Lipinski definition) is 1. The van der Waals surface area contributed by atoms with Gasteiger partial charge in [0.2, 0.25) is 0 Å². The SMILES string of the molecule is CCC(N[C@@H](C)c1ccc(Br)cc1)c1cccc(Br)c1. The van der Waals surface area contributed by atoms with Crippen LogP contribution in [-0.4, -0.2) is 0 Å². The molecule has 1 unspecified atom stereocenters. The fourth-order valence-electron chi connectivity index (χ4n) is 2.32. The zero-order valence-electron chi connectivity index (χ0n) is 11.7. The molecule has 20 heavy (non-hydrogen) atoms. The minimum Gasteiger partial charge on any atom is -0.303 e. The minimum atomic E-state index is 0.326. The second-order valence-corrected chi connectivity index (χ2v) is 6.79. The highest BCUT2D eigenvalue weighted by Crippen LogP contribution is 2.25. The second kappa shape index (κ2) is 7.39. The number of rotatable bonds is 5. The quantitative estimate of drug-likeness (QED) is 0.651. The van der Waals surface area contributed by atoms with Gasteiger partial charge in [0, 0.05) is 21.0 Å². The Morgan fingerprint density at radius 1 is 0.950 bits per heavy atom. The van der Waals surface area contributed by atoms with Crippen molar-refractivity contribution in [3.05, 3.63) is 68.6 Å². The molecule has 1 nitrogen and oxygen atoms in total. The molecule has 0 fully saturated rings. The molecule has 0 aliphatic rings. The number of hydrogen-bond donors (Lipinski definition) is 1. The predicted molar refractivity (Wildman–Crippen MR) is 92.9 cm³/mol. The zero-order valence-corrected chi connectivity index (χ0v) is 14.9. The molecule has 0 saturated carbocycles. The third-order valence-corrected chi connectivity index (χ3v) is 4.50. The van der Waals surface area contributed by atoms with Crippen LogP contribution >= 0.6 is 31.9 Å². The van der Waals surface area contributed by atoms with Gasteiger partial charge in [-0.05, 0) is 48.7 Å². The van der Waals surface area contributed by atoms with Crippen molar-refractivity contribution in [3.63, 3.8) is 0 Å². The fraction of sp³-hybridized carbons (Fsp3) is 0.294. The lowest BCUT2D eigenvalue weighted by Crippen LogP contribution is -2.24. The number of benzene rings is 2. The zero-order chi connectivity index (χ0) is 14.5. The highest BCUT2D eigenvalue weighted by atomic mass is 79.9. The summed E-state index contributed by atoms with van der Waals surface area (Å²) in [5.41, 5.74) is 2.63. The van der Waals surface area contributed by atoms with Crippen molar-refractivity contribution in [1.29, 1.82) is 0 Å². The molecule has 1 N–H and O–H groups in total. The van der Waals surface area contributed by atoms with E-state index < -0.39 is 0 Å². The van der Waals surface area contributed by atoms with Gasteiger partial charge in [-0.15, -0.1) is 0 Å². The van der Waals surface area contributed by atoms with Crippen LogP contribution < -0.4 is 5.32 Å². The van der Waals surface area contributed by atoms with Crippen molar-refractivity contribution in [3.8, 4) is 0 Å². The first kappa shape index (κ1) is 15.7. The average molecular weight is 397 g/mol. The van der Waals surface area contributed by atoms with E-state index in [0.717, 1.165) is 15.4 Å². The maximum Gasteiger partial charge on any atom is 0.0323 e. The monoisotopic (exact) mass is 395 g/mol. The van der Waals surface area contributed by atoms with E-state index in [-0.39, 0.29) is 0 Å². The first-order valence-corrected chi connectivity index (χ1v) is 8.45. The maximum atomic E-state index is 3.71. The molecular weight excluding hydrogens is 378 g/mol. The molecule has 0 aromatic heterocycles. The fourth-order valence-corrected chi connectivity index (χ4v) is 3.00. The molecule has 3 heteroatoms. The van der Waals surface area contributed by atoms with E-state index in [1.165, 1.54) is 11.1 Å². The van der Waals surface area contributed by atoms with Gasteiger partial charge in [0.25, 0.3) is 0 Å². The molecule has 0 heterocycles. The highest BCUT2D eigenvalue weighted by molar-refractivity contribution is 9.10. The van der Waals surface area contributed by atoms with Crippen molar-refractivity contribution in [1.82, 2.24) is 5.32 Å². The Hall–Kier alpha value is -0.640. The van der Waals surface area contributed by atoms with Gasteiger partial charge in [0.05, 0.1) is 0 Å². The molecule has 106 valence electrons. The molecule has 0 saturated heterocycles. The standard InChI is InChI=1S/C17H19Br2N/c1-3-17(14-5-4-6-16(19)11-14)20-12(2)13-7-9-15(18)10-8-13/h4-12,17,20H,3H2,1-2H3/t12-,17?/m0/s1. The molecule has 0 aliphatic heterocycles. The van der Waals surface area contributed by atoms with Crippen LogP contribution in [0.2, 0.25) is 0 Å². The van der Waals surface area contributed by atoms with Crippen LogP contribution in [-0.2, 0) is 0 Å². The topological polar surface area (TPSA) is 12.0 Å². The van der Waals surface area contributed by atoms with Gasteiger partial charge >= 0.3 is 0 Å². The van der Waals surface area contributed by atoms with E-state index in [0.29, 0.717) is 12.1 Å². The molecule has 0 spiro atoms. The Morgan fingerprint density at radius 3 is 2.25 bits per heavy atom. The molecule has 0 bridgehead atoms. The Morgan fingerprint density at radius 2 is 1.65 bits per heavy atom. The normalized spacial score (nSPS) is 14.0. The molecule has 2 aromatic rings. The predicted octanol–water partition coefficient (Wildman–Crippen LogP) is 6.01. The van der Waals surface area contributed by atoms with Crippen LogP contribution in [0.5, 0.6) is 0 Å². The third-order valence-electron chi connectivity index (χ3n) is 3.48. The van der Waals surface area contributed by atoms with E-state index in [4.69, 9.17) is 0 Å². The van der Waals surface area contributed by atoms with Gasteiger partial charge in [0.15, 0.2) is 0 Å². The molecular formula is C17H19Br2N. The third kappa shape index (κ3) is 4.18. The first-order valence-electron chi connectivity index (χ1n) is 6.87. The Kier molecular flexibility index (Phi) is 5.82. The summed E-state index contributed by atoms with van der Waals surface area (Å²) in [4.78, 5) is 0. The van der Waals surface area contributed by atoms with Crippen molar-refractivity contribution in [2.45, 2.75) is 32.4 Å². The van der Waals surface area contributed by atoms with Crippen LogP contribution in [0.3, 0.4) is 0 Å². The van der Waals surface area contributed by atoms with E-state index in [1.807, 2.05) is 0 Å². The summed E-state index contributed by atoms with van der Waals surface area (Å²) in [6, 6.07) is 17.7. The highest BCUT2D eigenvalue weighted by Gasteiger charge is 2.13. The van der Waals surface area contributed by atoms with Crippen LogP contribution in [0.1, 0.15) is 43.5 Å². The molecule has 0 radical (unpaired) electrons. The summed E-state index contributed by atoms with van der Waals surface area (Å²) < 4.78 is 2.25. The molecule has 0 aliphatic carbocycles. The number of halogens is 2. The first-order chi connectivity index (χ1) is 9.60. The van der Waals surface area contributed by atoms with Crippen LogP contribution in [0.25, 0.3) is 0 Å². The summed E-state index contributed by atoms with van der Waals surface area (Å²) in [7, 11) is 0. The van der Waals surface area contributed by atoms with Crippen molar-refractivity contribution in [2.24, 2.45) is 0 Å².